The fourth-order valence-corrected chi connectivity index (χ4v) is 10.1. The summed E-state index contributed by atoms with van der Waals surface area (Å²) in [5.74, 6) is -1.22. The van der Waals surface area contributed by atoms with Gasteiger partial charge in [0.05, 0.1) is 49.1 Å². The highest BCUT2D eigenvalue weighted by Gasteiger charge is 2.76. The number of aliphatic hydroxyl groups is 1. The van der Waals surface area contributed by atoms with Crippen molar-refractivity contribution in [2.45, 2.75) is 42.3 Å². The summed E-state index contributed by atoms with van der Waals surface area (Å²) >= 11 is 1.63. The van der Waals surface area contributed by atoms with Gasteiger partial charge in [-0.05, 0) is 49.1 Å². The number of ether oxygens (including phenoxy) is 2. The lowest BCUT2D eigenvalue weighted by molar-refractivity contribution is -0.142. The van der Waals surface area contributed by atoms with Crippen molar-refractivity contribution in [2.75, 3.05) is 57.9 Å². The van der Waals surface area contributed by atoms with E-state index in [0.717, 1.165) is 25.1 Å². The zero-order valence-electron chi connectivity index (χ0n) is 25.3. The summed E-state index contributed by atoms with van der Waals surface area (Å²) in [7, 11) is 0. The molecule has 11 heteroatoms. The van der Waals surface area contributed by atoms with E-state index in [9.17, 15) is 19.5 Å². The fraction of sp³-hybridized carbons (Fsp3) is 0.545. The number of thioether (sulfide) groups is 1. The Morgan fingerprint density at radius 1 is 1.11 bits per heavy atom. The number of likely N-dealkylation sites (tertiary alicyclic amines) is 1. The molecule has 3 N–H and O–H groups in total. The van der Waals surface area contributed by atoms with E-state index in [1.807, 2.05) is 49.4 Å². The number of fused-ring (bicyclic) bond motifs is 1. The van der Waals surface area contributed by atoms with Crippen LogP contribution >= 0.6 is 11.8 Å². The minimum Gasteiger partial charge on any atom is -0.494 e. The van der Waals surface area contributed by atoms with Crippen LogP contribution in [0.2, 0.25) is 0 Å². The number of nitrogens with zero attached hydrogens (tertiary/aromatic N) is 2. The molecule has 6 rings (SSSR count). The Kier molecular flexibility index (Phi) is 9.18. The number of amides is 3. The van der Waals surface area contributed by atoms with Crippen LogP contribution in [0, 0.1) is 17.8 Å². The van der Waals surface area contributed by atoms with Gasteiger partial charge in [0.25, 0.3) is 0 Å². The number of hydrogen-bond donors (Lipinski definition) is 3. The Balaban J connectivity index is 1.30. The van der Waals surface area contributed by atoms with Gasteiger partial charge in [0.2, 0.25) is 17.7 Å². The highest BCUT2D eigenvalue weighted by atomic mass is 32.2. The quantitative estimate of drug-likeness (QED) is 0.350. The molecule has 236 valence electrons. The molecule has 44 heavy (non-hydrogen) atoms. The molecule has 7 atom stereocenters. The average Bonchev–Trinajstić information content (AvgIpc) is 3.63. The van der Waals surface area contributed by atoms with Gasteiger partial charge in [0.1, 0.15) is 11.8 Å². The molecule has 4 aliphatic heterocycles. The molecule has 2 bridgehead atoms. The van der Waals surface area contributed by atoms with Gasteiger partial charge in [-0.25, -0.2) is 0 Å². The molecule has 3 unspecified atom stereocenters. The van der Waals surface area contributed by atoms with E-state index in [0.29, 0.717) is 44.3 Å². The van der Waals surface area contributed by atoms with Crippen LogP contribution in [0.15, 0.2) is 54.6 Å². The second kappa shape index (κ2) is 13.1. The van der Waals surface area contributed by atoms with Crippen LogP contribution in [0.1, 0.15) is 31.9 Å². The van der Waals surface area contributed by atoms with Crippen molar-refractivity contribution in [1.82, 2.24) is 15.1 Å². The van der Waals surface area contributed by atoms with E-state index in [2.05, 4.69) is 22.5 Å². The summed E-state index contributed by atoms with van der Waals surface area (Å²) < 4.78 is 10.2. The summed E-state index contributed by atoms with van der Waals surface area (Å²) in [5.41, 5.74) is 1.39. The third kappa shape index (κ3) is 5.48. The largest absolute Gasteiger partial charge is 0.494 e. The molecule has 4 heterocycles. The summed E-state index contributed by atoms with van der Waals surface area (Å²) in [5, 5.41) is 16.8. The first-order chi connectivity index (χ1) is 21.4. The topological polar surface area (TPSA) is 120 Å². The third-order valence-electron chi connectivity index (χ3n) is 9.69. The zero-order valence-corrected chi connectivity index (χ0v) is 26.1. The van der Waals surface area contributed by atoms with E-state index >= 15 is 0 Å². The van der Waals surface area contributed by atoms with Crippen LogP contribution in [-0.2, 0) is 19.1 Å². The maximum absolute atomic E-state index is 14.6. The predicted molar refractivity (Wildman–Crippen MR) is 168 cm³/mol. The molecule has 4 fully saturated rings. The van der Waals surface area contributed by atoms with Gasteiger partial charge in [-0.3, -0.25) is 19.3 Å². The number of benzene rings is 2. The van der Waals surface area contributed by atoms with Crippen molar-refractivity contribution in [3.8, 4) is 5.75 Å². The SMILES string of the molecule is CCOc1ccc(NC(=O)[C@@H]2[C@H]3C(=O)N([C@H](CO)c4ccccc4)C(C(=O)NCCN4CCOCC4)C34S[C@@H]2CC4C)cc1. The number of hydrogen-bond acceptors (Lipinski definition) is 8. The zero-order chi connectivity index (χ0) is 30.8. The van der Waals surface area contributed by atoms with Crippen LogP contribution < -0.4 is 15.4 Å². The minimum atomic E-state index is -0.824. The summed E-state index contributed by atoms with van der Waals surface area (Å²) in [6, 6.07) is 15.0. The molecular weight excluding hydrogens is 580 g/mol. The lowest BCUT2D eigenvalue weighted by Crippen LogP contribution is -2.57. The molecule has 3 amide bonds. The maximum atomic E-state index is 14.6. The van der Waals surface area contributed by atoms with Gasteiger partial charge >= 0.3 is 0 Å². The maximum Gasteiger partial charge on any atom is 0.244 e. The molecule has 4 aliphatic rings. The van der Waals surface area contributed by atoms with Crippen LogP contribution in [0.3, 0.4) is 0 Å². The van der Waals surface area contributed by atoms with Crippen LogP contribution in [0.5, 0.6) is 5.75 Å². The van der Waals surface area contributed by atoms with Crippen molar-refractivity contribution in [3.05, 3.63) is 60.2 Å². The molecule has 2 aromatic rings. The lowest BCUT2D eigenvalue weighted by atomic mass is 9.66. The molecule has 1 spiro atoms. The number of morpholine rings is 1. The predicted octanol–water partition coefficient (Wildman–Crippen LogP) is 2.54. The molecule has 10 nitrogen and oxygen atoms in total. The van der Waals surface area contributed by atoms with Crippen LogP contribution in [-0.4, -0.2) is 101 Å². The van der Waals surface area contributed by atoms with Gasteiger partial charge in [0, 0.05) is 37.1 Å². The highest BCUT2D eigenvalue weighted by Crippen LogP contribution is 2.69. The Bertz CT molecular complexity index is 1340. The number of rotatable bonds is 11. The van der Waals surface area contributed by atoms with Crippen molar-refractivity contribution in [1.29, 1.82) is 0 Å². The summed E-state index contributed by atoms with van der Waals surface area (Å²) in [4.78, 5) is 46.7. The number of nitrogens with one attached hydrogen (secondary N) is 2. The Hall–Kier alpha value is -3.12. The van der Waals surface area contributed by atoms with Gasteiger partial charge < -0.3 is 30.1 Å². The van der Waals surface area contributed by atoms with E-state index in [-0.39, 0.29) is 35.5 Å². The van der Waals surface area contributed by atoms with E-state index < -0.39 is 28.7 Å². The van der Waals surface area contributed by atoms with Gasteiger partial charge in [0.15, 0.2) is 0 Å². The Morgan fingerprint density at radius 2 is 1.84 bits per heavy atom. The smallest absolute Gasteiger partial charge is 0.244 e. The molecule has 0 aliphatic carbocycles. The summed E-state index contributed by atoms with van der Waals surface area (Å²) in [6.45, 7) is 8.34. The molecule has 0 aromatic heterocycles. The molecule has 0 radical (unpaired) electrons. The van der Waals surface area contributed by atoms with E-state index in [1.54, 1.807) is 28.8 Å². The Labute approximate surface area is 262 Å². The third-order valence-corrected chi connectivity index (χ3v) is 11.8. The van der Waals surface area contributed by atoms with Crippen molar-refractivity contribution >= 4 is 35.2 Å². The normalized spacial score (nSPS) is 30.2. The van der Waals surface area contributed by atoms with Gasteiger partial charge in [-0.2, -0.15) is 0 Å². The molecule has 0 saturated carbocycles. The second-order valence-electron chi connectivity index (χ2n) is 12.1. The van der Waals surface area contributed by atoms with Crippen molar-refractivity contribution in [3.63, 3.8) is 0 Å². The van der Waals surface area contributed by atoms with E-state index in [1.165, 1.54) is 0 Å². The second-order valence-corrected chi connectivity index (χ2v) is 13.6. The van der Waals surface area contributed by atoms with Crippen molar-refractivity contribution in [2.24, 2.45) is 17.8 Å². The molecule has 4 saturated heterocycles. The monoisotopic (exact) mass is 622 g/mol. The standard InChI is InChI=1S/C33H42N4O6S/c1-3-43-24-11-9-23(10-12-24)35-30(39)27-26-19-21(2)33(44-26)28(27)32(41)37(25(20-38)22-7-5-4-6-8-22)29(33)31(40)34-13-14-36-15-17-42-18-16-36/h4-12,21,25-29,38H,3,13-20H2,1-2H3,(H,34,40)(H,35,39)/t21?,25-,26-,27+,28+,29?,33?/m1/s1. The van der Waals surface area contributed by atoms with Gasteiger partial charge in [-0.15, -0.1) is 11.8 Å². The van der Waals surface area contributed by atoms with E-state index in [4.69, 9.17) is 9.47 Å². The lowest BCUT2D eigenvalue weighted by Gasteiger charge is -2.40. The first-order valence-corrected chi connectivity index (χ1v) is 16.5. The van der Waals surface area contributed by atoms with Crippen LogP contribution in [0.4, 0.5) is 5.69 Å². The first kappa shape index (κ1) is 30.9. The molecule has 2 aromatic carbocycles. The van der Waals surface area contributed by atoms with Crippen LogP contribution in [0.25, 0.3) is 0 Å². The van der Waals surface area contributed by atoms with Crippen molar-refractivity contribution < 1.29 is 29.0 Å². The number of carbonyl (C=O) groups is 3. The number of anilines is 1. The Morgan fingerprint density at radius 3 is 2.52 bits per heavy atom. The van der Waals surface area contributed by atoms with Gasteiger partial charge in [-0.1, -0.05) is 37.3 Å². The summed E-state index contributed by atoms with van der Waals surface area (Å²) in [6.07, 6.45) is 0.732. The highest BCUT2D eigenvalue weighted by molar-refractivity contribution is 8.02. The average molecular weight is 623 g/mol. The first-order valence-electron chi connectivity index (χ1n) is 15.7. The number of carbonyl (C=O) groups excluding carboxylic acids is 3. The molecular formula is C33H42N4O6S. The number of aliphatic hydroxyl groups excluding tert-OH is 1. The minimum absolute atomic E-state index is 0.0242. The fourth-order valence-electron chi connectivity index (χ4n) is 7.71.